The molecule has 0 saturated carbocycles. The van der Waals surface area contributed by atoms with Gasteiger partial charge in [-0.25, -0.2) is 0 Å². The zero-order valence-corrected chi connectivity index (χ0v) is 17.3. The van der Waals surface area contributed by atoms with Crippen molar-refractivity contribution in [3.8, 4) is 11.4 Å². The van der Waals surface area contributed by atoms with Crippen LogP contribution in [0.5, 0.6) is 0 Å². The van der Waals surface area contributed by atoms with Crippen molar-refractivity contribution in [1.82, 2.24) is 23.7 Å². The van der Waals surface area contributed by atoms with E-state index in [0.29, 0.717) is 36.2 Å². The highest BCUT2D eigenvalue weighted by atomic mass is 35.5. The second kappa shape index (κ2) is 8.56. The Kier molecular flexibility index (Phi) is 6.33. The van der Waals surface area contributed by atoms with Crippen molar-refractivity contribution in [2.75, 3.05) is 40.3 Å². The van der Waals surface area contributed by atoms with Gasteiger partial charge in [0.2, 0.25) is 17.6 Å². The molecule has 1 aromatic heterocycles. The van der Waals surface area contributed by atoms with Crippen LogP contribution in [0.2, 0.25) is 5.02 Å². The maximum absolute atomic E-state index is 12.4. The summed E-state index contributed by atoms with van der Waals surface area (Å²) in [4.78, 5) is 18.4. The van der Waals surface area contributed by atoms with Crippen molar-refractivity contribution in [2.24, 2.45) is 0 Å². The first-order valence-corrected chi connectivity index (χ1v) is 10.6. The van der Waals surface area contributed by atoms with Gasteiger partial charge in [0.25, 0.3) is 10.2 Å². The number of halogens is 1. The molecule has 0 radical (unpaired) electrons. The summed E-state index contributed by atoms with van der Waals surface area (Å²) in [5, 5.41) is 4.55. The van der Waals surface area contributed by atoms with E-state index in [1.165, 1.54) is 22.7 Å². The molecule has 0 unspecified atom stereocenters. The predicted octanol–water partition coefficient (Wildman–Crippen LogP) is 1.27. The van der Waals surface area contributed by atoms with Crippen LogP contribution in [0.3, 0.4) is 0 Å². The molecule has 9 nitrogen and oxygen atoms in total. The molecule has 2 heterocycles. The van der Waals surface area contributed by atoms with Crippen molar-refractivity contribution in [1.29, 1.82) is 0 Å². The average molecular weight is 428 g/mol. The summed E-state index contributed by atoms with van der Waals surface area (Å²) in [6, 6.07) is 7.08. The molecule has 0 atom stereocenters. The van der Waals surface area contributed by atoms with Gasteiger partial charge in [0.15, 0.2) is 0 Å². The third kappa shape index (κ3) is 4.69. The van der Waals surface area contributed by atoms with Gasteiger partial charge in [0.05, 0.1) is 0 Å². The Labute approximate surface area is 169 Å². The van der Waals surface area contributed by atoms with Crippen LogP contribution in [-0.4, -0.2) is 78.3 Å². The van der Waals surface area contributed by atoms with E-state index in [1.54, 1.807) is 29.2 Å². The van der Waals surface area contributed by atoms with Crippen molar-refractivity contribution in [3.05, 3.63) is 35.2 Å². The van der Waals surface area contributed by atoms with Gasteiger partial charge in [-0.1, -0.05) is 16.8 Å². The summed E-state index contributed by atoms with van der Waals surface area (Å²) in [5.41, 5.74) is 0.781. The number of carbonyl (C=O) groups excluding carboxylic acids is 1. The van der Waals surface area contributed by atoms with Gasteiger partial charge in [-0.3, -0.25) is 4.79 Å². The summed E-state index contributed by atoms with van der Waals surface area (Å²) in [6.45, 7) is 1.30. The van der Waals surface area contributed by atoms with E-state index < -0.39 is 10.2 Å². The lowest BCUT2D eigenvalue weighted by molar-refractivity contribution is -0.132. The first kappa shape index (κ1) is 20.7. The fourth-order valence-electron chi connectivity index (χ4n) is 2.84. The standard InChI is InChI=1S/C17H22ClN5O4S/c1-21(2)28(25,26)23-11-9-22(10-12-23)16(24)8-7-15-19-17(20-27-15)13-3-5-14(18)6-4-13/h3-6H,7-12H2,1-2H3. The lowest BCUT2D eigenvalue weighted by Gasteiger charge is -2.35. The van der Waals surface area contributed by atoms with Crippen LogP contribution >= 0.6 is 11.6 Å². The van der Waals surface area contributed by atoms with E-state index in [9.17, 15) is 13.2 Å². The smallest absolute Gasteiger partial charge is 0.281 e. The van der Waals surface area contributed by atoms with E-state index in [2.05, 4.69) is 10.1 Å². The van der Waals surface area contributed by atoms with E-state index in [4.69, 9.17) is 16.1 Å². The number of nitrogens with zero attached hydrogens (tertiary/aromatic N) is 5. The summed E-state index contributed by atoms with van der Waals surface area (Å²) < 4.78 is 32.0. The number of hydrogen-bond acceptors (Lipinski definition) is 6. The van der Waals surface area contributed by atoms with Crippen molar-refractivity contribution in [3.63, 3.8) is 0 Å². The van der Waals surface area contributed by atoms with E-state index in [1.807, 2.05) is 0 Å². The predicted molar refractivity (Wildman–Crippen MR) is 104 cm³/mol. The second-order valence-electron chi connectivity index (χ2n) is 6.59. The van der Waals surface area contributed by atoms with Gasteiger partial charge in [0, 0.05) is 63.7 Å². The normalized spacial score (nSPS) is 15.9. The van der Waals surface area contributed by atoms with Crippen LogP contribution in [0.25, 0.3) is 11.4 Å². The van der Waals surface area contributed by atoms with Gasteiger partial charge in [0.1, 0.15) is 0 Å². The first-order valence-electron chi connectivity index (χ1n) is 8.81. The van der Waals surface area contributed by atoms with Crippen molar-refractivity contribution >= 4 is 27.7 Å². The molecule has 0 aliphatic carbocycles. The highest BCUT2D eigenvalue weighted by Crippen LogP contribution is 2.19. The Balaban J connectivity index is 1.51. The molecule has 0 spiro atoms. The van der Waals surface area contributed by atoms with E-state index >= 15 is 0 Å². The van der Waals surface area contributed by atoms with Gasteiger partial charge < -0.3 is 9.42 Å². The number of aromatic nitrogens is 2. The molecule has 11 heteroatoms. The van der Waals surface area contributed by atoms with Crippen LogP contribution in [-0.2, 0) is 21.4 Å². The summed E-state index contributed by atoms with van der Waals surface area (Å²) >= 11 is 5.87. The zero-order chi connectivity index (χ0) is 20.3. The Morgan fingerprint density at radius 1 is 1.18 bits per heavy atom. The number of amides is 1. The molecule has 1 aromatic carbocycles. The van der Waals surface area contributed by atoms with Gasteiger partial charge in [-0.15, -0.1) is 0 Å². The number of carbonyl (C=O) groups is 1. The summed E-state index contributed by atoms with van der Waals surface area (Å²) in [5.74, 6) is 0.766. The SMILES string of the molecule is CN(C)S(=O)(=O)N1CCN(C(=O)CCc2nc(-c3ccc(Cl)cc3)no2)CC1. The number of hydrogen-bond donors (Lipinski definition) is 0. The van der Waals surface area contributed by atoms with Gasteiger partial charge in [-0.2, -0.15) is 22.0 Å². The molecule has 152 valence electrons. The number of rotatable bonds is 6. The van der Waals surface area contributed by atoms with Crippen LogP contribution < -0.4 is 0 Å². The van der Waals surface area contributed by atoms with E-state index in [-0.39, 0.29) is 25.4 Å². The monoisotopic (exact) mass is 427 g/mol. The van der Waals surface area contributed by atoms with Crippen LogP contribution in [0, 0.1) is 0 Å². The minimum atomic E-state index is -3.44. The van der Waals surface area contributed by atoms with Crippen molar-refractivity contribution in [2.45, 2.75) is 12.8 Å². The minimum Gasteiger partial charge on any atom is -0.340 e. The highest BCUT2D eigenvalue weighted by Gasteiger charge is 2.30. The molecular formula is C17H22ClN5O4S. The van der Waals surface area contributed by atoms with Crippen LogP contribution in [0.1, 0.15) is 12.3 Å². The Morgan fingerprint density at radius 2 is 1.82 bits per heavy atom. The molecule has 28 heavy (non-hydrogen) atoms. The highest BCUT2D eigenvalue weighted by molar-refractivity contribution is 7.86. The fraction of sp³-hybridized carbons (Fsp3) is 0.471. The van der Waals surface area contributed by atoms with Crippen LogP contribution in [0.15, 0.2) is 28.8 Å². The lowest BCUT2D eigenvalue weighted by atomic mass is 10.2. The largest absolute Gasteiger partial charge is 0.340 e. The molecule has 2 aromatic rings. The van der Waals surface area contributed by atoms with E-state index in [0.717, 1.165) is 5.56 Å². The molecule has 1 aliphatic rings. The average Bonchev–Trinajstić information content (AvgIpc) is 3.15. The summed E-state index contributed by atoms with van der Waals surface area (Å²) in [6.07, 6.45) is 0.554. The number of aryl methyl sites for hydroxylation is 1. The Morgan fingerprint density at radius 3 is 2.43 bits per heavy atom. The third-order valence-corrected chi connectivity index (χ3v) is 6.69. The fourth-order valence-corrected chi connectivity index (χ4v) is 4.06. The topological polar surface area (TPSA) is 99.9 Å². The molecule has 0 bridgehead atoms. The number of piperazine rings is 1. The first-order chi connectivity index (χ1) is 13.3. The van der Waals surface area contributed by atoms with Gasteiger partial charge in [-0.05, 0) is 24.3 Å². The zero-order valence-electron chi connectivity index (χ0n) is 15.7. The molecule has 3 rings (SSSR count). The third-order valence-electron chi connectivity index (χ3n) is 4.50. The molecule has 1 fully saturated rings. The molecular weight excluding hydrogens is 406 g/mol. The summed E-state index contributed by atoms with van der Waals surface area (Å²) in [7, 11) is -0.452. The maximum Gasteiger partial charge on any atom is 0.281 e. The molecule has 1 amide bonds. The van der Waals surface area contributed by atoms with Crippen molar-refractivity contribution < 1.29 is 17.7 Å². The lowest BCUT2D eigenvalue weighted by Crippen LogP contribution is -2.53. The Hall–Kier alpha value is -2.01. The minimum absolute atomic E-state index is 0.0619. The number of benzene rings is 1. The Bertz CT molecular complexity index is 921. The quantitative estimate of drug-likeness (QED) is 0.688. The maximum atomic E-state index is 12.4. The molecule has 0 N–H and O–H groups in total. The molecule has 1 saturated heterocycles. The molecule has 1 aliphatic heterocycles. The van der Waals surface area contributed by atoms with Crippen LogP contribution in [0.4, 0.5) is 0 Å². The van der Waals surface area contributed by atoms with Gasteiger partial charge >= 0.3 is 0 Å². The second-order valence-corrected chi connectivity index (χ2v) is 9.17.